The molecule has 156 valence electrons. The number of carboxylic acids is 1. The van der Waals surface area contributed by atoms with Crippen molar-refractivity contribution in [3.63, 3.8) is 0 Å². The van der Waals surface area contributed by atoms with Gasteiger partial charge >= 0.3 is 5.97 Å². The lowest BCUT2D eigenvalue weighted by Gasteiger charge is -2.24. The highest BCUT2D eigenvalue weighted by Gasteiger charge is 2.20. The molecule has 0 aliphatic heterocycles. The van der Waals surface area contributed by atoms with Crippen molar-refractivity contribution in [1.29, 1.82) is 0 Å². The third-order valence-corrected chi connectivity index (χ3v) is 4.29. The van der Waals surface area contributed by atoms with E-state index in [4.69, 9.17) is 19.3 Å². The Morgan fingerprint density at radius 3 is 2.41 bits per heavy atom. The number of hydrogen-bond donors (Lipinski definition) is 1. The second-order valence-electron chi connectivity index (χ2n) is 7.71. The summed E-state index contributed by atoms with van der Waals surface area (Å²) in [6.45, 7) is 11.7. The van der Waals surface area contributed by atoms with Crippen LogP contribution in [0.25, 0.3) is 6.08 Å². The van der Waals surface area contributed by atoms with Crippen LogP contribution in [0.1, 0.15) is 44.4 Å². The van der Waals surface area contributed by atoms with Crippen LogP contribution in [0.4, 0.5) is 0 Å². The summed E-state index contributed by atoms with van der Waals surface area (Å²) < 4.78 is 17.6. The highest BCUT2D eigenvalue weighted by Crippen LogP contribution is 2.34. The van der Waals surface area contributed by atoms with Crippen molar-refractivity contribution < 1.29 is 24.1 Å². The summed E-state index contributed by atoms with van der Waals surface area (Å²) in [6, 6.07) is 11.5. The summed E-state index contributed by atoms with van der Waals surface area (Å²) >= 11 is 0. The van der Waals surface area contributed by atoms with E-state index in [0.717, 1.165) is 23.0 Å². The third-order valence-electron chi connectivity index (χ3n) is 4.29. The monoisotopic (exact) mass is 398 g/mol. The van der Waals surface area contributed by atoms with E-state index in [1.807, 2.05) is 26.0 Å². The fraction of sp³-hybridized carbons (Fsp3) is 0.375. The number of carboxylic acid groups (broad SMARTS) is 1. The predicted octanol–water partition coefficient (Wildman–Crippen LogP) is 5.25. The molecule has 1 N–H and O–H groups in total. The Hall–Kier alpha value is -2.95. The van der Waals surface area contributed by atoms with Gasteiger partial charge in [-0.2, -0.15) is 0 Å². The molecule has 0 saturated carbocycles. The average Bonchev–Trinajstić information content (AvgIpc) is 2.65. The zero-order valence-corrected chi connectivity index (χ0v) is 17.8. The highest BCUT2D eigenvalue weighted by atomic mass is 16.5. The molecule has 0 fully saturated rings. The first-order chi connectivity index (χ1) is 13.7. The Labute approximate surface area is 172 Å². The van der Waals surface area contributed by atoms with Crippen molar-refractivity contribution in [2.45, 2.75) is 40.0 Å². The minimum atomic E-state index is -0.994. The minimum absolute atomic E-state index is 0.0103. The number of para-hydroxylation sites is 1. The lowest BCUT2D eigenvalue weighted by molar-refractivity contribution is -0.131. The maximum absolute atomic E-state index is 10.7. The van der Waals surface area contributed by atoms with Gasteiger partial charge in [0.25, 0.3) is 0 Å². The molecule has 0 aromatic heterocycles. The number of carbonyl (C=O) groups is 1. The van der Waals surface area contributed by atoms with E-state index in [9.17, 15) is 4.79 Å². The summed E-state index contributed by atoms with van der Waals surface area (Å²) in [5.41, 5.74) is 2.99. The molecule has 2 rings (SSSR count). The number of benzene rings is 2. The Morgan fingerprint density at radius 1 is 1.03 bits per heavy atom. The van der Waals surface area contributed by atoms with E-state index in [-0.39, 0.29) is 5.41 Å². The standard InChI is InChI=1S/C24H30O5/c1-6-27-21-16-18(11-13-22(25)26)10-12-20(21)28-14-15-29-23-17(2)8-7-9-19(23)24(3,4)5/h7-13,16H,6,14-15H2,1-5H3,(H,25,26). The van der Waals surface area contributed by atoms with E-state index in [2.05, 4.69) is 26.8 Å². The number of ether oxygens (including phenoxy) is 3. The Kier molecular flexibility index (Phi) is 7.71. The first kappa shape index (κ1) is 22.3. The molecule has 0 saturated heterocycles. The van der Waals surface area contributed by atoms with Crippen LogP contribution in [0.5, 0.6) is 17.2 Å². The van der Waals surface area contributed by atoms with Crippen LogP contribution in [0, 0.1) is 6.92 Å². The summed E-state index contributed by atoms with van der Waals surface area (Å²) in [7, 11) is 0. The van der Waals surface area contributed by atoms with Gasteiger partial charge in [-0.3, -0.25) is 0 Å². The van der Waals surface area contributed by atoms with Crippen molar-refractivity contribution >= 4 is 12.0 Å². The molecule has 5 heteroatoms. The van der Waals surface area contributed by atoms with Gasteiger partial charge in [-0.05, 0) is 54.2 Å². The molecule has 0 aliphatic rings. The number of aliphatic carboxylic acids is 1. The van der Waals surface area contributed by atoms with Gasteiger partial charge in [-0.15, -0.1) is 0 Å². The van der Waals surface area contributed by atoms with Crippen molar-refractivity contribution in [2.75, 3.05) is 19.8 Å². The van der Waals surface area contributed by atoms with Crippen molar-refractivity contribution in [3.05, 3.63) is 59.2 Å². The van der Waals surface area contributed by atoms with Gasteiger partial charge in [-0.25, -0.2) is 4.79 Å². The summed E-state index contributed by atoms with van der Waals surface area (Å²) in [4.78, 5) is 10.7. The normalized spacial score (nSPS) is 11.5. The lowest BCUT2D eigenvalue weighted by atomic mass is 9.85. The second-order valence-corrected chi connectivity index (χ2v) is 7.71. The predicted molar refractivity (Wildman–Crippen MR) is 115 cm³/mol. The van der Waals surface area contributed by atoms with Crippen LogP contribution < -0.4 is 14.2 Å². The number of aryl methyl sites for hydroxylation is 1. The van der Waals surface area contributed by atoms with Crippen LogP contribution in [0.3, 0.4) is 0 Å². The first-order valence-electron chi connectivity index (χ1n) is 9.76. The van der Waals surface area contributed by atoms with Gasteiger partial charge in [0.05, 0.1) is 6.61 Å². The molecule has 0 aliphatic carbocycles. The summed E-state index contributed by atoms with van der Waals surface area (Å²) in [5, 5.41) is 8.77. The fourth-order valence-corrected chi connectivity index (χ4v) is 2.91. The van der Waals surface area contributed by atoms with E-state index in [1.165, 1.54) is 11.6 Å². The molecule has 0 amide bonds. The molecule has 0 atom stereocenters. The average molecular weight is 398 g/mol. The summed E-state index contributed by atoms with van der Waals surface area (Å²) in [5.74, 6) is 1.09. The largest absolute Gasteiger partial charge is 0.490 e. The molecule has 2 aromatic carbocycles. The Bertz CT molecular complexity index is 862. The van der Waals surface area contributed by atoms with Gasteiger partial charge < -0.3 is 19.3 Å². The third kappa shape index (κ3) is 6.56. The summed E-state index contributed by atoms with van der Waals surface area (Å²) in [6.07, 6.45) is 2.61. The zero-order chi connectivity index (χ0) is 21.4. The van der Waals surface area contributed by atoms with Gasteiger partial charge in [-0.1, -0.05) is 45.0 Å². The fourth-order valence-electron chi connectivity index (χ4n) is 2.91. The Morgan fingerprint density at radius 2 is 1.76 bits per heavy atom. The smallest absolute Gasteiger partial charge is 0.328 e. The number of rotatable bonds is 9. The van der Waals surface area contributed by atoms with Crippen LogP contribution in [0.15, 0.2) is 42.5 Å². The van der Waals surface area contributed by atoms with Gasteiger partial charge in [0.2, 0.25) is 0 Å². The number of hydrogen-bond acceptors (Lipinski definition) is 4. The first-order valence-corrected chi connectivity index (χ1v) is 9.76. The lowest BCUT2D eigenvalue weighted by Crippen LogP contribution is -2.16. The van der Waals surface area contributed by atoms with Gasteiger partial charge in [0.15, 0.2) is 11.5 Å². The maximum atomic E-state index is 10.7. The topological polar surface area (TPSA) is 65.0 Å². The van der Waals surface area contributed by atoms with E-state index in [0.29, 0.717) is 31.3 Å². The molecule has 29 heavy (non-hydrogen) atoms. The van der Waals surface area contributed by atoms with Crippen molar-refractivity contribution in [2.24, 2.45) is 0 Å². The van der Waals surface area contributed by atoms with Crippen molar-refractivity contribution in [3.8, 4) is 17.2 Å². The molecular weight excluding hydrogens is 368 g/mol. The zero-order valence-electron chi connectivity index (χ0n) is 17.8. The minimum Gasteiger partial charge on any atom is -0.490 e. The molecule has 2 aromatic rings. The molecule has 0 spiro atoms. The van der Waals surface area contributed by atoms with E-state index >= 15 is 0 Å². The van der Waals surface area contributed by atoms with E-state index in [1.54, 1.807) is 18.2 Å². The van der Waals surface area contributed by atoms with Crippen LogP contribution in [-0.4, -0.2) is 30.9 Å². The van der Waals surface area contributed by atoms with Gasteiger partial charge in [0.1, 0.15) is 19.0 Å². The molecule has 0 heterocycles. The highest BCUT2D eigenvalue weighted by molar-refractivity contribution is 5.85. The van der Waals surface area contributed by atoms with Crippen molar-refractivity contribution in [1.82, 2.24) is 0 Å². The quantitative estimate of drug-likeness (QED) is 0.462. The second kappa shape index (κ2) is 10.0. The molecule has 0 unspecified atom stereocenters. The van der Waals surface area contributed by atoms with Crippen LogP contribution in [0.2, 0.25) is 0 Å². The molecule has 5 nitrogen and oxygen atoms in total. The maximum Gasteiger partial charge on any atom is 0.328 e. The van der Waals surface area contributed by atoms with E-state index < -0.39 is 5.97 Å². The molecule has 0 radical (unpaired) electrons. The Balaban J connectivity index is 2.05. The van der Waals surface area contributed by atoms with Gasteiger partial charge in [0, 0.05) is 6.08 Å². The van der Waals surface area contributed by atoms with Crippen LogP contribution in [-0.2, 0) is 10.2 Å². The van der Waals surface area contributed by atoms with Crippen LogP contribution >= 0.6 is 0 Å². The molecular formula is C24H30O5. The SMILES string of the molecule is CCOc1cc(C=CC(=O)O)ccc1OCCOc1c(C)cccc1C(C)(C)C. The molecule has 0 bridgehead atoms.